The summed E-state index contributed by atoms with van der Waals surface area (Å²) in [5.41, 5.74) is 5.85. The molecule has 6 aliphatic rings. The van der Waals surface area contributed by atoms with Gasteiger partial charge < -0.3 is 91.9 Å². The van der Waals surface area contributed by atoms with Crippen LogP contribution >= 0.6 is 34.8 Å². The van der Waals surface area contributed by atoms with Gasteiger partial charge in [0.2, 0.25) is 17.4 Å². The monoisotopic (exact) mass is 1850 g/mol. The molecule has 6 bridgehead atoms. The van der Waals surface area contributed by atoms with Gasteiger partial charge in [0.05, 0.1) is 70.7 Å². The van der Waals surface area contributed by atoms with Crippen LogP contribution in [-0.2, 0) is 115 Å². The maximum absolute atomic E-state index is 12.7. The molecular weight excluding hydrogens is 1760 g/mol. The molecule has 0 amide bonds. The summed E-state index contributed by atoms with van der Waals surface area (Å²) in [7, 11) is 0. The summed E-state index contributed by atoms with van der Waals surface area (Å²) >= 11 is 19.7. The number of fused-ring (bicyclic) bond motifs is 6. The van der Waals surface area contributed by atoms with Crippen LogP contribution in [0.1, 0.15) is 100 Å². The van der Waals surface area contributed by atoms with E-state index in [1.165, 1.54) is 43.3 Å². The molecule has 2 unspecified atom stereocenters. The Morgan fingerprint density at radius 1 is 0.388 bits per heavy atom. The molecule has 6 heterocycles. The lowest BCUT2D eigenvalue weighted by molar-refractivity contribution is -0.343. The fraction of sp³-hybridized carbons (Fsp3) is 0.378. The van der Waals surface area contributed by atoms with Crippen molar-refractivity contribution in [2.45, 2.75) is 181 Å². The molecule has 0 spiro atoms. The molecule has 5 N–H and O–H groups in total. The van der Waals surface area contributed by atoms with E-state index in [0.29, 0.717) is 63.4 Å². The number of carbonyl (C=O) groups is 1. The van der Waals surface area contributed by atoms with Crippen LogP contribution in [0.5, 0.6) is 17.2 Å². The number of aliphatic hydroxyl groups excluding tert-OH is 5. The number of hydrogen-bond donors (Lipinski definition) is 5. The number of aldehydes is 1. The van der Waals surface area contributed by atoms with E-state index in [1.807, 2.05) is 153 Å². The molecule has 17 atom stereocenters. The van der Waals surface area contributed by atoms with E-state index in [9.17, 15) is 69.8 Å². The number of benzene rings is 10. The van der Waals surface area contributed by atoms with Gasteiger partial charge in [0.1, 0.15) is 59.0 Å². The van der Waals surface area contributed by atoms with E-state index >= 15 is 0 Å². The molecule has 6 fully saturated rings. The van der Waals surface area contributed by atoms with Crippen LogP contribution in [-0.4, -0.2) is 162 Å². The van der Waals surface area contributed by atoms with Crippen molar-refractivity contribution in [2.24, 2.45) is 11.8 Å². The first kappa shape index (κ1) is 96.0. The maximum Gasteiger partial charge on any atom is 0.422 e. The van der Waals surface area contributed by atoms with Crippen molar-refractivity contribution in [1.82, 2.24) is 0 Å². The highest BCUT2D eigenvalue weighted by molar-refractivity contribution is 6.32. The highest BCUT2D eigenvalue weighted by atomic mass is 35.5. The standard InChI is InChI=1S/C38H38ClF3O6.C37H34ClF3O6.C23H24ClF3O7/c1-25-34(44-21-28-9-5-3-6-10-28)35(45-22-29-11-7-4-8-12-29)38(47-23-36(25,48-38)26(2)43)31-15-18-33(39)30(20-31)19-27-13-16-32(17-14-27)46-24-37(40,41)42;1-25-33(43-20-27-8-4-2-5-9-27)34(44-21-28-10-6-3-7-11-28)37(46-23-35(25,22-42)47-37)30-14-17-32(38)29(19-30)18-26-12-15-31(16-13-26)45-24-36(39,40)41;1-12(28)21-10-33-23(34-21,20(31)18(29)19(21)30)15-4-7-17(24)14(9-15)8-13-2-5-16(6-3-13)32-11-22(25,26)27/h3-18,20,25-26,34-35,43H,19,21-24H2,1-2H3;2-17,19,22,25,33-34H,18,20-21,23-24H2,1H3;2-7,9,12,18-20,28-31H,8,10-11H2,1H3/t25-,26?,34-,35+,36-,38-;25-,33-,34+,35-,37-;12?,18-,19-,20+,21+,23-/m000/s1. The number of alkyl halides is 9. The summed E-state index contributed by atoms with van der Waals surface area (Å²) in [4.78, 5) is 12.7. The molecule has 686 valence electrons. The minimum absolute atomic E-state index is 0.00537. The SMILES string of the molecule is CC(O)[C@@]12CO[C@@](c3ccc(Cl)c(Cc4ccc(OCC(F)(F)F)cc4)c3)(O1)[C@H](O)[C@@H](O)[C@@H]2O.CC(O)[C@@]12CO[C@@](c3ccc(Cl)c(Cc4ccc(OCC(F)(F)F)cc4)c3)(O1)[C@H](OCc1ccccc1)[C@@H](OCc1ccccc1)[C@@H]2C.C[C@H]1[C@H](OCc2ccccc2)[C@@H](OCc2ccccc2)[C@@]2(c3ccc(Cl)c(Cc4ccc(OCC(F)(F)F)cc4)c3)OC[C@]1(C=O)O2. The van der Waals surface area contributed by atoms with Crippen LogP contribution in [0.15, 0.2) is 249 Å². The lowest BCUT2D eigenvalue weighted by Crippen LogP contribution is -2.67. The molecule has 6 saturated heterocycles. The summed E-state index contributed by atoms with van der Waals surface area (Å²) in [6, 6.07) is 73.6. The van der Waals surface area contributed by atoms with Gasteiger partial charge in [-0.25, -0.2) is 0 Å². The van der Waals surface area contributed by atoms with Gasteiger partial charge in [-0.1, -0.05) is 225 Å². The molecule has 10 aromatic carbocycles. The molecule has 6 aliphatic heterocycles. The Bertz CT molecular complexity index is 5370. The van der Waals surface area contributed by atoms with E-state index < -0.39 is 133 Å². The smallest absolute Gasteiger partial charge is 0.422 e. The van der Waals surface area contributed by atoms with Gasteiger partial charge in [-0.05, 0) is 162 Å². The second-order valence-electron chi connectivity index (χ2n) is 33.0. The Morgan fingerprint density at radius 3 is 1.05 bits per heavy atom. The molecule has 31 heteroatoms. The van der Waals surface area contributed by atoms with Crippen LogP contribution in [0.2, 0.25) is 15.1 Å². The predicted octanol–water partition coefficient (Wildman–Crippen LogP) is 18.1. The van der Waals surface area contributed by atoms with E-state index in [1.54, 1.807) is 79.7 Å². The first-order valence-electron chi connectivity index (χ1n) is 41.7. The number of hydrogen-bond acceptors (Lipinski definition) is 19. The number of halogens is 12. The fourth-order valence-electron chi connectivity index (χ4n) is 17.0. The molecule has 16 rings (SSSR count). The summed E-state index contributed by atoms with van der Waals surface area (Å²) in [6.45, 7) is 3.85. The van der Waals surface area contributed by atoms with Crippen LogP contribution in [0, 0.1) is 11.8 Å². The molecule has 0 aromatic heterocycles. The van der Waals surface area contributed by atoms with Crippen LogP contribution < -0.4 is 14.2 Å². The van der Waals surface area contributed by atoms with Gasteiger partial charge in [0, 0.05) is 43.6 Å². The highest BCUT2D eigenvalue weighted by Gasteiger charge is 2.72. The normalized spacial score (nSPS) is 27.3. The number of aliphatic hydroxyl groups is 5. The second kappa shape index (κ2) is 40.2. The Hall–Kier alpha value is -9.09. The van der Waals surface area contributed by atoms with Crippen molar-refractivity contribution in [3.8, 4) is 17.2 Å². The van der Waals surface area contributed by atoms with Crippen LogP contribution in [0.3, 0.4) is 0 Å². The quantitative estimate of drug-likeness (QED) is 0.0208. The minimum atomic E-state index is -4.44. The van der Waals surface area contributed by atoms with Crippen molar-refractivity contribution >= 4 is 41.1 Å². The summed E-state index contributed by atoms with van der Waals surface area (Å²) < 4.78 is 192. The van der Waals surface area contributed by atoms with E-state index in [2.05, 4.69) is 0 Å². The maximum atomic E-state index is 12.7. The van der Waals surface area contributed by atoms with Gasteiger partial charge in [-0.2, -0.15) is 39.5 Å². The zero-order chi connectivity index (χ0) is 91.9. The zero-order valence-corrected chi connectivity index (χ0v) is 72.5. The molecular formula is C98H96Cl3F9O19. The third-order valence-electron chi connectivity index (χ3n) is 24.2. The molecule has 129 heavy (non-hydrogen) atoms. The third-order valence-corrected chi connectivity index (χ3v) is 25.3. The highest BCUT2D eigenvalue weighted by Crippen LogP contribution is 2.58. The summed E-state index contributed by atoms with van der Waals surface area (Å²) in [5.74, 6) is -5.23. The van der Waals surface area contributed by atoms with E-state index in [0.717, 1.165) is 56.4 Å². The fourth-order valence-corrected chi connectivity index (χ4v) is 17.6. The number of carbonyl (C=O) groups excluding carboxylic acids is 1. The van der Waals surface area contributed by atoms with Crippen molar-refractivity contribution < 1.29 is 131 Å². The van der Waals surface area contributed by atoms with Crippen LogP contribution in [0.25, 0.3) is 0 Å². The Morgan fingerprint density at radius 2 is 0.698 bits per heavy atom. The molecule has 0 aliphatic carbocycles. The largest absolute Gasteiger partial charge is 0.484 e. The van der Waals surface area contributed by atoms with E-state index in [4.69, 9.17) is 96.4 Å². The Labute approximate surface area is 754 Å². The number of ether oxygens (including phenoxy) is 13. The van der Waals surface area contributed by atoms with Crippen molar-refractivity contribution in [2.75, 3.05) is 39.6 Å². The van der Waals surface area contributed by atoms with E-state index in [-0.39, 0.29) is 62.6 Å². The molecule has 0 saturated carbocycles. The van der Waals surface area contributed by atoms with Crippen molar-refractivity contribution in [1.29, 1.82) is 0 Å². The number of rotatable bonds is 30. The van der Waals surface area contributed by atoms with Crippen molar-refractivity contribution in [3.63, 3.8) is 0 Å². The predicted molar refractivity (Wildman–Crippen MR) is 457 cm³/mol. The first-order chi connectivity index (χ1) is 61.5. The molecule has 19 nitrogen and oxygen atoms in total. The zero-order valence-electron chi connectivity index (χ0n) is 70.3. The lowest BCUT2D eigenvalue weighted by Gasteiger charge is -2.51. The van der Waals surface area contributed by atoms with Gasteiger partial charge in [-0.15, -0.1) is 0 Å². The first-order valence-corrected chi connectivity index (χ1v) is 42.8. The van der Waals surface area contributed by atoms with Crippen LogP contribution in [0.4, 0.5) is 39.5 Å². The molecule has 10 aromatic rings. The Kier molecular flexibility index (Phi) is 29.9. The van der Waals surface area contributed by atoms with Crippen molar-refractivity contribution in [3.05, 3.63) is 336 Å². The lowest BCUT2D eigenvalue weighted by atomic mass is 9.75. The summed E-state index contributed by atoms with van der Waals surface area (Å²) in [5, 5.41) is 54.4. The van der Waals surface area contributed by atoms with Gasteiger partial charge >= 0.3 is 18.5 Å². The molecule has 0 radical (unpaired) electrons. The van der Waals surface area contributed by atoms with Gasteiger partial charge in [0.25, 0.3) is 0 Å². The Balaban J connectivity index is 0.000000159. The third kappa shape index (κ3) is 21.7. The van der Waals surface area contributed by atoms with Gasteiger partial charge in [0.15, 0.2) is 31.7 Å². The second-order valence-corrected chi connectivity index (χ2v) is 34.2. The average Bonchev–Trinajstić information content (AvgIpc) is 1.57. The topological polar surface area (TPSA) is 238 Å². The average molecular weight is 1860 g/mol. The summed E-state index contributed by atoms with van der Waals surface area (Å²) in [6.07, 6.45) is -21.1. The van der Waals surface area contributed by atoms with Gasteiger partial charge in [-0.3, -0.25) is 0 Å². The minimum Gasteiger partial charge on any atom is -0.484 e.